The molecule has 0 N–H and O–H groups in total. The van der Waals surface area contributed by atoms with Crippen LogP contribution < -0.4 is 4.74 Å². The smallest absolute Gasteiger partial charge is 0.389 e. The predicted octanol–water partition coefficient (Wildman–Crippen LogP) is 7.10. The summed E-state index contributed by atoms with van der Waals surface area (Å²) in [6, 6.07) is 8.00. The maximum absolute atomic E-state index is 12.5. The molecule has 4 rings (SSSR count). The Morgan fingerprint density at radius 3 is 2.55 bits per heavy atom. The molecule has 3 nitrogen and oxygen atoms in total. The van der Waals surface area contributed by atoms with Crippen LogP contribution in [-0.2, 0) is 17.6 Å². The zero-order chi connectivity index (χ0) is 22.2. The van der Waals surface area contributed by atoms with Crippen LogP contribution in [0, 0.1) is 13.8 Å². The lowest BCUT2D eigenvalue weighted by Gasteiger charge is -2.17. The SMILES string of the molecule is Cc1ccc(-c2c(OC(=O)CCCC(F)(F)F)c(C)nc3sc4c(c23)CCCC4)cc1. The van der Waals surface area contributed by atoms with Gasteiger partial charge in [0.25, 0.3) is 0 Å². The van der Waals surface area contributed by atoms with Crippen LogP contribution >= 0.6 is 11.3 Å². The number of thiophene rings is 1. The summed E-state index contributed by atoms with van der Waals surface area (Å²) >= 11 is 1.69. The van der Waals surface area contributed by atoms with Gasteiger partial charge in [-0.25, -0.2) is 4.98 Å². The fraction of sp³-hybridized carbons (Fsp3) is 0.417. The van der Waals surface area contributed by atoms with Crippen molar-refractivity contribution in [2.24, 2.45) is 0 Å². The second-order valence-electron chi connectivity index (χ2n) is 8.10. The van der Waals surface area contributed by atoms with Gasteiger partial charge in [-0.15, -0.1) is 11.3 Å². The van der Waals surface area contributed by atoms with E-state index in [-0.39, 0.29) is 12.8 Å². The van der Waals surface area contributed by atoms with E-state index in [1.807, 2.05) is 31.2 Å². The first kappa shape index (κ1) is 21.8. The number of carbonyl (C=O) groups is 1. The summed E-state index contributed by atoms with van der Waals surface area (Å²) in [4.78, 5) is 19.4. The summed E-state index contributed by atoms with van der Waals surface area (Å²) < 4.78 is 43.0. The lowest BCUT2D eigenvalue weighted by Crippen LogP contribution is -2.13. The van der Waals surface area contributed by atoms with Gasteiger partial charge in [-0.2, -0.15) is 13.2 Å². The molecule has 0 fully saturated rings. The molecule has 3 aromatic rings. The van der Waals surface area contributed by atoms with Gasteiger partial charge in [0.2, 0.25) is 0 Å². The van der Waals surface area contributed by atoms with E-state index in [4.69, 9.17) is 9.72 Å². The zero-order valence-corrected chi connectivity index (χ0v) is 18.4. The highest BCUT2D eigenvalue weighted by atomic mass is 32.1. The van der Waals surface area contributed by atoms with Crippen molar-refractivity contribution >= 4 is 27.5 Å². The summed E-state index contributed by atoms with van der Waals surface area (Å²) in [5.41, 5.74) is 4.70. The van der Waals surface area contributed by atoms with Crippen LogP contribution in [0.5, 0.6) is 5.75 Å². The first-order valence-electron chi connectivity index (χ1n) is 10.5. The molecule has 2 aromatic heterocycles. The van der Waals surface area contributed by atoms with Crippen LogP contribution in [0.1, 0.15) is 53.8 Å². The molecule has 0 aliphatic heterocycles. The Morgan fingerprint density at radius 2 is 1.84 bits per heavy atom. The molecule has 2 heterocycles. The van der Waals surface area contributed by atoms with Gasteiger partial charge in [0.05, 0.1) is 5.69 Å². The van der Waals surface area contributed by atoms with E-state index in [1.54, 1.807) is 18.3 Å². The highest BCUT2D eigenvalue weighted by Crippen LogP contribution is 2.46. The summed E-state index contributed by atoms with van der Waals surface area (Å²) in [6.45, 7) is 3.79. The predicted molar refractivity (Wildman–Crippen MR) is 117 cm³/mol. The molecule has 1 aliphatic rings. The van der Waals surface area contributed by atoms with E-state index in [0.717, 1.165) is 52.6 Å². The van der Waals surface area contributed by atoms with Crippen molar-refractivity contribution in [3.63, 3.8) is 0 Å². The van der Waals surface area contributed by atoms with E-state index in [2.05, 4.69) is 0 Å². The molecular weight excluding hydrogens is 423 g/mol. The van der Waals surface area contributed by atoms with Crippen molar-refractivity contribution in [2.45, 2.75) is 65.0 Å². The molecule has 7 heteroatoms. The molecule has 1 aliphatic carbocycles. The number of esters is 1. The molecule has 1 aromatic carbocycles. The van der Waals surface area contributed by atoms with E-state index < -0.39 is 18.6 Å². The largest absolute Gasteiger partial charge is 0.424 e. The molecule has 0 radical (unpaired) electrons. The summed E-state index contributed by atoms with van der Waals surface area (Å²) in [6.07, 6.45) is -1.61. The number of hydrogen-bond donors (Lipinski definition) is 0. The average Bonchev–Trinajstić information content (AvgIpc) is 3.06. The monoisotopic (exact) mass is 447 g/mol. The maximum atomic E-state index is 12.5. The lowest BCUT2D eigenvalue weighted by molar-refractivity contribution is -0.141. The third-order valence-electron chi connectivity index (χ3n) is 5.62. The number of alkyl halides is 3. The molecule has 0 spiro atoms. The molecule has 0 bridgehead atoms. The highest BCUT2D eigenvalue weighted by molar-refractivity contribution is 7.19. The number of halogens is 3. The van der Waals surface area contributed by atoms with Gasteiger partial charge in [-0.05, 0) is 57.1 Å². The first-order valence-corrected chi connectivity index (χ1v) is 11.3. The quantitative estimate of drug-likeness (QED) is 0.392. The topological polar surface area (TPSA) is 39.2 Å². The minimum absolute atomic E-state index is 0.286. The number of benzene rings is 1. The third-order valence-corrected chi connectivity index (χ3v) is 6.81. The summed E-state index contributed by atoms with van der Waals surface area (Å²) in [7, 11) is 0. The van der Waals surface area contributed by atoms with Crippen LogP contribution in [-0.4, -0.2) is 17.1 Å². The van der Waals surface area contributed by atoms with Gasteiger partial charge in [0, 0.05) is 28.7 Å². The van der Waals surface area contributed by atoms with E-state index in [0.29, 0.717) is 11.4 Å². The number of carbonyl (C=O) groups excluding carboxylic acids is 1. The Bertz CT molecular complexity index is 1120. The molecule has 0 saturated heterocycles. The van der Waals surface area contributed by atoms with Gasteiger partial charge in [0.1, 0.15) is 4.83 Å². The molecule has 31 heavy (non-hydrogen) atoms. The van der Waals surface area contributed by atoms with Crippen LogP contribution in [0.4, 0.5) is 13.2 Å². The lowest BCUT2D eigenvalue weighted by atomic mass is 9.92. The van der Waals surface area contributed by atoms with Crippen molar-refractivity contribution < 1.29 is 22.7 Å². The Labute approximate surface area is 183 Å². The van der Waals surface area contributed by atoms with Crippen LogP contribution in [0.3, 0.4) is 0 Å². The first-order chi connectivity index (χ1) is 14.7. The second kappa shape index (κ2) is 8.61. The van der Waals surface area contributed by atoms with Crippen LogP contribution in [0.2, 0.25) is 0 Å². The van der Waals surface area contributed by atoms with Gasteiger partial charge < -0.3 is 4.74 Å². The standard InChI is InChI=1S/C24H24F3NO2S/c1-14-9-11-16(12-10-14)20-21-17-6-3-4-7-18(17)31-23(21)28-15(2)22(20)30-19(29)8-5-13-24(25,26)27/h9-12H,3-8,13H2,1-2H3. The fourth-order valence-electron chi connectivity index (χ4n) is 4.10. The van der Waals surface area contributed by atoms with Crippen LogP contribution in [0.25, 0.3) is 21.3 Å². The molecule has 164 valence electrons. The van der Waals surface area contributed by atoms with Crippen molar-refractivity contribution in [1.29, 1.82) is 0 Å². The number of rotatable bonds is 5. The highest BCUT2D eigenvalue weighted by Gasteiger charge is 2.28. The Hall–Kier alpha value is -2.41. The number of hydrogen-bond acceptors (Lipinski definition) is 4. The number of aryl methyl sites for hydroxylation is 4. The van der Waals surface area contributed by atoms with Gasteiger partial charge in [-0.3, -0.25) is 4.79 Å². The Balaban J connectivity index is 1.78. The zero-order valence-electron chi connectivity index (χ0n) is 17.6. The molecule has 0 atom stereocenters. The van der Waals surface area contributed by atoms with Crippen molar-refractivity contribution in [2.75, 3.05) is 0 Å². The number of pyridine rings is 1. The Kier molecular flexibility index (Phi) is 6.06. The van der Waals surface area contributed by atoms with Crippen LogP contribution in [0.15, 0.2) is 24.3 Å². The molecular formula is C24H24F3NO2S. The number of ether oxygens (including phenoxy) is 1. The van der Waals surface area contributed by atoms with E-state index in [9.17, 15) is 18.0 Å². The number of aromatic nitrogens is 1. The van der Waals surface area contributed by atoms with Crippen molar-refractivity contribution in [1.82, 2.24) is 4.98 Å². The van der Waals surface area contributed by atoms with Gasteiger partial charge in [0.15, 0.2) is 5.75 Å². The molecule has 0 unspecified atom stereocenters. The summed E-state index contributed by atoms with van der Waals surface area (Å²) in [5.74, 6) is -0.300. The Morgan fingerprint density at radius 1 is 1.13 bits per heavy atom. The fourth-order valence-corrected chi connectivity index (χ4v) is 5.42. The van der Waals surface area contributed by atoms with Crippen molar-refractivity contribution in [3.05, 3.63) is 46.0 Å². The van der Waals surface area contributed by atoms with Crippen molar-refractivity contribution in [3.8, 4) is 16.9 Å². The normalized spacial score (nSPS) is 14.0. The number of fused-ring (bicyclic) bond motifs is 3. The summed E-state index contributed by atoms with van der Waals surface area (Å²) in [5, 5.41) is 1.02. The van der Waals surface area contributed by atoms with Gasteiger partial charge in [-0.1, -0.05) is 29.8 Å². The molecule has 0 saturated carbocycles. The van der Waals surface area contributed by atoms with Gasteiger partial charge >= 0.3 is 12.1 Å². The van der Waals surface area contributed by atoms with E-state index >= 15 is 0 Å². The second-order valence-corrected chi connectivity index (χ2v) is 9.18. The minimum Gasteiger partial charge on any atom is -0.424 e. The minimum atomic E-state index is -4.28. The third kappa shape index (κ3) is 4.76. The average molecular weight is 448 g/mol. The number of nitrogens with zero attached hydrogens (tertiary/aromatic N) is 1. The van der Waals surface area contributed by atoms with E-state index in [1.165, 1.54) is 10.4 Å². The molecule has 0 amide bonds. The maximum Gasteiger partial charge on any atom is 0.389 e.